The lowest BCUT2D eigenvalue weighted by molar-refractivity contribution is -0.117. The lowest BCUT2D eigenvalue weighted by Crippen LogP contribution is -2.36. The summed E-state index contributed by atoms with van der Waals surface area (Å²) in [5.74, 6) is 0.823. The monoisotopic (exact) mass is 553 g/mol. The molecule has 2 amide bonds. The van der Waals surface area contributed by atoms with Crippen LogP contribution in [0.2, 0.25) is 0 Å². The molecule has 0 saturated carbocycles. The third-order valence-electron chi connectivity index (χ3n) is 7.88. The Balaban J connectivity index is 1.44. The number of carbonyl (C=O) groups is 2. The van der Waals surface area contributed by atoms with Gasteiger partial charge in [0.05, 0.1) is 5.56 Å². The van der Waals surface area contributed by atoms with E-state index in [4.69, 9.17) is 0 Å². The van der Waals surface area contributed by atoms with Crippen molar-refractivity contribution in [2.45, 2.75) is 66.2 Å². The van der Waals surface area contributed by atoms with Crippen LogP contribution in [0.25, 0.3) is 0 Å². The SMILES string of the molecule is CC(CC(=O)Nc1ccc(N2CCC(Cc3ccccc3)CC2)c(C(=O)NCCc2ccccc2)c1)CC(C)(C)C. The number of nitrogens with one attached hydrogen (secondary N) is 2. The smallest absolute Gasteiger partial charge is 0.253 e. The molecule has 1 aliphatic rings. The number of hydrogen-bond donors (Lipinski definition) is 2. The zero-order valence-corrected chi connectivity index (χ0v) is 25.3. The van der Waals surface area contributed by atoms with Gasteiger partial charge in [0, 0.05) is 37.4 Å². The molecule has 0 radical (unpaired) electrons. The summed E-state index contributed by atoms with van der Waals surface area (Å²) >= 11 is 0. The molecule has 3 aromatic rings. The van der Waals surface area contributed by atoms with Crippen molar-refractivity contribution in [1.29, 1.82) is 0 Å². The fraction of sp³-hybridized carbons (Fsp3) is 0.444. The predicted octanol–water partition coefficient (Wildman–Crippen LogP) is 7.52. The second-order valence-corrected chi connectivity index (χ2v) is 13.0. The van der Waals surface area contributed by atoms with E-state index in [0.29, 0.717) is 30.1 Å². The van der Waals surface area contributed by atoms with Gasteiger partial charge in [-0.2, -0.15) is 0 Å². The summed E-state index contributed by atoms with van der Waals surface area (Å²) in [7, 11) is 0. The normalized spacial score (nSPS) is 14.9. The minimum absolute atomic E-state index is 0.00772. The highest BCUT2D eigenvalue weighted by Crippen LogP contribution is 2.31. The Morgan fingerprint density at radius 2 is 1.54 bits per heavy atom. The number of nitrogens with zero attached hydrogens (tertiary/aromatic N) is 1. The second-order valence-electron chi connectivity index (χ2n) is 13.0. The Kier molecular flexibility index (Phi) is 10.6. The fourth-order valence-electron chi connectivity index (χ4n) is 6.10. The zero-order chi connectivity index (χ0) is 29.2. The first kappa shape index (κ1) is 30.4. The van der Waals surface area contributed by atoms with Crippen molar-refractivity contribution in [2.24, 2.45) is 17.3 Å². The van der Waals surface area contributed by atoms with Gasteiger partial charge in [0.15, 0.2) is 0 Å². The van der Waals surface area contributed by atoms with E-state index in [1.807, 2.05) is 36.4 Å². The van der Waals surface area contributed by atoms with Crippen LogP contribution in [0.1, 0.15) is 74.9 Å². The van der Waals surface area contributed by atoms with Crippen LogP contribution >= 0.6 is 0 Å². The number of amides is 2. The van der Waals surface area contributed by atoms with Crippen LogP contribution in [-0.4, -0.2) is 31.4 Å². The Morgan fingerprint density at radius 1 is 0.902 bits per heavy atom. The van der Waals surface area contributed by atoms with Crippen LogP contribution in [0.5, 0.6) is 0 Å². The molecule has 4 rings (SSSR count). The summed E-state index contributed by atoms with van der Waals surface area (Å²) in [5, 5.41) is 6.19. The van der Waals surface area contributed by atoms with E-state index in [1.165, 1.54) is 11.1 Å². The molecule has 41 heavy (non-hydrogen) atoms. The lowest BCUT2D eigenvalue weighted by atomic mass is 9.84. The molecular weight excluding hydrogens is 506 g/mol. The number of anilines is 2. The highest BCUT2D eigenvalue weighted by molar-refractivity contribution is 6.02. The van der Waals surface area contributed by atoms with Crippen molar-refractivity contribution >= 4 is 23.2 Å². The predicted molar refractivity (Wildman–Crippen MR) is 170 cm³/mol. The lowest BCUT2D eigenvalue weighted by Gasteiger charge is -2.35. The molecule has 1 fully saturated rings. The average Bonchev–Trinajstić information content (AvgIpc) is 2.93. The molecule has 1 atom stereocenters. The van der Waals surface area contributed by atoms with Gasteiger partial charge in [0.2, 0.25) is 5.91 Å². The topological polar surface area (TPSA) is 61.4 Å². The van der Waals surface area contributed by atoms with Crippen molar-refractivity contribution in [3.8, 4) is 0 Å². The standard InChI is InChI=1S/C36H47N3O2/c1-27(26-36(2,3)4)23-34(40)38-31-15-16-33(32(25-31)35(41)37-20-17-28-11-7-5-8-12-28)39-21-18-30(19-22-39)24-29-13-9-6-10-14-29/h5-16,25,27,30H,17-24,26H2,1-4H3,(H,37,41)(H,38,40). The quantitative estimate of drug-likeness (QED) is 0.258. The Labute approximate surface area is 246 Å². The van der Waals surface area contributed by atoms with Gasteiger partial charge in [-0.05, 0) is 78.7 Å². The van der Waals surface area contributed by atoms with Gasteiger partial charge >= 0.3 is 0 Å². The largest absolute Gasteiger partial charge is 0.371 e. The van der Waals surface area contributed by atoms with Gasteiger partial charge in [-0.3, -0.25) is 9.59 Å². The number of carbonyl (C=O) groups excluding carboxylic acids is 2. The third kappa shape index (κ3) is 9.77. The number of hydrogen-bond acceptors (Lipinski definition) is 3. The van der Waals surface area contributed by atoms with Crippen LogP contribution in [0.4, 0.5) is 11.4 Å². The van der Waals surface area contributed by atoms with Crippen molar-refractivity contribution in [3.05, 3.63) is 95.6 Å². The molecule has 3 aromatic carbocycles. The highest BCUT2D eigenvalue weighted by Gasteiger charge is 2.24. The summed E-state index contributed by atoms with van der Waals surface area (Å²) < 4.78 is 0. The van der Waals surface area contributed by atoms with E-state index in [1.54, 1.807) is 0 Å². The minimum Gasteiger partial charge on any atom is -0.371 e. The zero-order valence-electron chi connectivity index (χ0n) is 25.3. The summed E-state index contributed by atoms with van der Waals surface area (Å²) in [6.07, 6.45) is 5.50. The molecule has 0 bridgehead atoms. The molecule has 0 aromatic heterocycles. The molecule has 0 aliphatic carbocycles. The molecule has 2 N–H and O–H groups in total. The first-order valence-corrected chi connectivity index (χ1v) is 15.2. The average molecular weight is 554 g/mol. The first-order valence-electron chi connectivity index (χ1n) is 15.2. The van der Waals surface area contributed by atoms with E-state index < -0.39 is 0 Å². The van der Waals surface area contributed by atoms with Crippen molar-refractivity contribution < 1.29 is 9.59 Å². The molecular formula is C36H47N3O2. The van der Waals surface area contributed by atoms with E-state index >= 15 is 0 Å². The van der Waals surface area contributed by atoms with Gasteiger partial charge in [-0.25, -0.2) is 0 Å². The summed E-state index contributed by atoms with van der Waals surface area (Å²) in [6, 6.07) is 26.7. The summed E-state index contributed by atoms with van der Waals surface area (Å²) in [4.78, 5) is 28.7. The molecule has 218 valence electrons. The third-order valence-corrected chi connectivity index (χ3v) is 7.88. The van der Waals surface area contributed by atoms with Crippen LogP contribution in [0.15, 0.2) is 78.9 Å². The molecule has 1 aliphatic heterocycles. The van der Waals surface area contributed by atoms with E-state index in [-0.39, 0.29) is 23.1 Å². The van der Waals surface area contributed by atoms with Crippen molar-refractivity contribution in [1.82, 2.24) is 5.32 Å². The molecule has 1 saturated heterocycles. The van der Waals surface area contributed by atoms with Crippen LogP contribution in [0, 0.1) is 17.3 Å². The second kappa shape index (κ2) is 14.3. The van der Waals surface area contributed by atoms with Gasteiger partial charge in [-0.15, -0.1) is 0 Å². The number of benzene rings is 3. The van der Waals surface area contributed by atoms with Crippen LogP contribution in [-0.2, 0) is 17.6 Å². The van der Waals surface area contributed by atoms with Crippen LogP contribution < -0.4 is 15.5 Å². The van der Waals surface area contributed by atoms with Crippen molar-refractivity contribution in [3.63, 3.8) is 0 Å². The van der Waals surface area contributed by atoms with E-state index in [2.05, 4.69) is 85.7 Å². The minimum atomic E-state index is -0.0976. The van der Waals surface area contributed by atoms with Gasteiger partial charge < -0.3 is 15.5 Å². The molecule has 5 heteroatoms. The van der Waals surface area contributed by atoms with E-state index in [9.17, 15) is 9.59 Å². The summed E-state index contributed by atoms with van der Waals surface area (Å²) in [5.41, 5.74) is 5.01. The Bertz CT molecular complexity index is 1260. The fourth-order valence-corrected chi connectivity index (χ4v) is 6.10. The Morgan fingerprint density at radius 3 is 2.17 bits per heavy atom. The maximum Gasteiger partial charge on any atom is 0.253 e. The number of piperidine rings is 1. The highest BCUT2D eigenvalue weighted by atomic mass is 16.2. The maximum absolute atomic E-state index is 13.5. The van der Waals surface area contributed by atoms with Gasteiger partial charge in [0.25, 0.3) is 5.91 Å². The first-order chi connectivity index (χ1) is 19.7. The summed E-state index contributed by atoms with van der Waals surface area (Å²) in [6.45, 7) is 11.1. The van der Waals surface area contributed by atoms with Gasteiger partial charge in [0.1, 0.15) is 0 Å². The van der Waals surface area contributed by atoms with Crippen LogP contribution in [0.3, 0.4) is 0 Å². The van der Waals surface area contributed by atoms with Gasteiger partial charge in [-0.1, -0.05) is 88.4 Å². The number of rotatable bonds is 11. The molecule has 1 heterocycles. The molecule has 1 unspecified atom stereocenters. The molecule has 5 nitrogen and oxygen atoms in total. The van der Waals surface area contributed by atoms with Crippen molar-refractivity contribution in [2.75, 3.05) is 29.9 Å². The maximum atomic E-state index is 13.5. The molecule has 0 spiro atoms. The Hall–Kier alpha value is -3.60. The van der Waals surface area contributed by atoms with E-state index in [0.717, 1.165) is 50.9 Å².